The van der Waals surface area contributed by atoms with Crippen molar-refractivity contribution in [1.82, 2.24) is 10.2 Å². The van der Waals surface area contributed by atoms with Gasteiger partial charge in [0.05, 0.1) is 30.2 Å². The van der Waals surface area contributed by atoms with Gasteiger partial charge < -0.3 is 15.0 Å². The van der Waals surface area contributed by atoms with E-state index < -0.39 is 6.04 Å². The normalized spacial score (nSPS) is 16.9. The fourth-order valence-electron chi connectivity index (χ4n) is 4.93. The van der Waals surface area contributed by atoms with Crippen molar-refractivity contribution in [2.75, 3.05) is 6.61 Å². The smallest absolute Gasteiger partial charge is 0.308 e. The Morgan fingerprint density at radius 3 is 2.52 bits per heavy atom. The van der Waals surface area contributed by atoms with Gasteiger partial charge in [0.25, 0.3) is 11.8 Å². The summed E-state index contributed by atoms with van der Waals surface area (Å²) in [7, 11) is 0. The molecule has 0 unspecified atom stereocenters. The Morgan fingerprint density at radius 2 is 1.82 bits per heavy atom. The number of benzene rings is 2. The van der Waals surface area contributed by atoms with Crippen LogP contribution in [0.4, 0.5) is 0 Å². The monoisotopic (exact) mass is 448 g/mol. The fraction of sp³-hybridized carbons (Fsp3) is 0.444. The maximum Gasteiger partial charge on any atom is 0.308 e. The average molecular weight is 449 g/mol. The Kier molecular flexibility index (Phi) is 7.11. The Hall–Kier alpha value is -3.15. The molecule has 2 amide bonds. The van der Waals surface area contributed by atoms with Gasteiger partial charge in [-0.1, -0.05) is 61.2 Å². The second-order valence-corrected chi connectivity index (χ2v) is 9.01. The van der Waals surface area contributed by atoms with E-state index in [2.05, 4.69) is 5.32 Å². The van der Waals surface area contributed by atoms with E-state index in [9.17, 15) is 14.4 Å². The number of nitrogens with zero attached hydrogens (tertiary/aromatic N) is 1. The number of rotatable bonds is 7. The lowest BCUT2D eigenvalue weighted by atomic mass is 9.94. The highest BCUT2D eigenvalue weighted by Gasteiger charge is 2.36. The fourth-order valence-corrected chi connectivity index (χ4v) is 4.93. The van der Waals surface area contributed by atoms with Crippen molar-refractivity contribution < 1.29 is 19.1 Å². The van der Waals surface area contributed by atoms with Crippen LogP contribution in [0.2, 0.25) is 0 Å². The van der Waals surface area contributed by atoms with Crippen LogP contribution in [-0.2, 0) is 16.1 Å². The van der Waals surface area contributed by atoms with Crippen LogP contribution in [-0.4, -0.2) is 35.3 Å². The van der Waals surface area contributed by atoms with Crippen LogP contribution < -0.4 is 5.32 Å². The van der Waals surface area contributed by atoms with Crippen LogP contribution in [0, 0.1) is 6.92 Å². The van der Waals surface area contributed by atoms with E-state index in [-0.39, 0.29) is 36.9 Å². The molecule has 0 spiro atoms. The number of carbonyl (C=O) groups excluding carboxylic acids is 3. The molecule has 6 heteroatoms. The van der Waals surface area contributed by atoms with E-state index in [0.717, 1.165) is 42.4 Å². The molecule has 1 aliphatic carbocycles. The van der Waals surface area contributed by atoms with Gasteiger partial charge in [-0.05, 0) is 43.9 Å². The van der Waals surface area contributed by atoms with Crippen molar-refractivity contribution in [1.29, 1.82) is 0 Å². The standard InChI is InChI=1S/C27H32N2O4/c1-3-33-24(30)16-23(19-14-12-18(2)13-15-19)28-26(31)22-11-7-8-20-17-29(27(32)25(20)22)21-9-5-4-6-10-21/h7-8,11-15,21,23H,3-6,9-10,16-17H2,1-2H3,(H,28,31)/t23-/m1/s1. The first kappa shape index (κ1) is 23.0. The van der Waals surface area contributed by atoms with Gasteiger partial charge in [-0.15, -0.1) is 0 Å². The van der Waals surface area contributed by atoms with Gasteiger partial charge in [0, 0.05) is 12.6 Å². The van der Waals surface area contributed by atoms with Crippen LogP contribution in [0.3, 0.4) is 0 Å². The summed E-state index contributed by atoms with van der Waals surface area (Å²) in [5.74, 6) is -0.776. The molecule has 1 atom stereocenters. The molecule has 0 radical (unpaired) electrons. The second kappa shape index (κ2) is 10.2. The van der Waals surface area contributed by atoms with Gasteiger partial charge in [-0.25, -0.2) is 0 Å². The summed E-state index contributed by atoms with van der Waals surface area (Å²) in [6.45, 7) is 4.59. The molecule has 1 fully saturated rings. The quantitative estimate of drug-likeness (QED) is 0.623. The summed E-state index contributed by atoms with van der Waals surface area (Å²) < 4.78 is 5.13. The third-order valence-corrected chi connectivity index (χ3v) is 6.69. The van der Waals surface area contributed by atoms with E-state index >= 15 is 0 Å². The summed E-state index contributed by atoms with van der Waals surface area (Å²) in [5, 5.41) is 2.99. The number of ether oxygens (including phenoxy) is 1. The van der Waals surface area contributed by atoms with Gasteiger partial charge in [0.1, 0.15) is 0 Å². The lowest BCUT2D eigenvalue weighted by molar-refractivity contribution is -0.143. The minimum Gasteiger partial charge on any atom is -0.466 e. The van der Waals surface area contributed by atoms with Crippen molar-refractivity contribution in [2.45, 2.75) is 71.0 Å². The molecule has 0 bridgehead atoms. The molecule has 1 N–H and O–H groups in total. The van der Waals surface area contributed by atoms with E-state index in [1.165, 1.54) is 6.42 Å². The third kappa shape index (κ3) is 5.10. The minimum absolute atomic E-state index is 0.0276. The zero-order valence-electron chi connectivity index (χ0n) is 19.4. The van der Waals surface area contributed by atoms with Gasteiger partial charge in [0.15, 0.2) is 0 Å². The van der Waals surface area contributed by atoms with Gasteiger partial charge in [0.2, 0.25) is 0 Å². The number of amides is 2. The molecule has 6 nitrogen and oxygen atoms in total. The number of fused-ring (bicyclic) bond motifs is 1. The van der Waals surface area contributed by atoms with Crippen LogP contribution in [0.15, 0.2) is 42.5 Å². The summed E-state index contributed by atoms with van der Waals surface area (Å²) in [5.41, 5.74) is 3.69. The number of esters is 1. The van der Waals surface area contributed by atoms with E-state index in [4.69, 9.17) is 4.74 Å². The zero-order chi connectivity index (χ0) is 23.4. The average Bonchev–Trinajstić information content (AvgIpc) is 3.16. The van der Waals surface area contributed by atoms with Crippen LogP contribution in [0.1, 0.15) is 88.9 Å². The Bertz CT molecular complexity index is 1020. The molecule has 174 valence electrons. The molecule has 2 aromatic carbocycles. The lowest BCUT2D eigenvalue weighted by Gasteiger charge is -2.31. The van der Waals surface area contributed by atoms with E-state index in [1.54, 1.807) is 13.0 Å². The number of nitrogens with one attached hydrogen (secondary N) is 1. The summed E-state index contributed by atoms with van der Waals surface area (Å²) in [6, 6.07) is 12.9. The summed E-state index contributed by atoms with van der Waals surface area (Å²) >= 11 is 0. The Labute approximate surface area is 195 Å². The van der Waals surface area contributed by atoms with Crippen molar-refractivity contribution in [3.63, 3.8) is 0 Å². The van der Waals surface area contributed by atoms with Crippen LogP contribution in [0.5, 0.6) is 0 Å². The van der Waals surface area contributed by atoms with Crippen molar-refractivity contribution in [3.05, 3.63) is 70.3 Å². The molecule has 0 aromatic heterocycles. The minimum atomic E-state index is -0.543. The van der Waals surface area contributed by atoms with Crippen molar-refractivity contribution in [2.24, 2.45) is 0 Å². The van der Waals surface area contributed by atoms with Crippen LogP contribution >= 0.6 is 0 Å². The second-order valence-electron chi connectivity index (χ2n) is 9.01. The highest BCUT2D eigenvalue weighted by Crippen LogP contribution is 2.33. The topological polar surface area (TPSA) is 75.7 Å². The molecule has 2 aliphatic rings. The molecule has 33 heavy (non-hydrogen) atoms. The highest BCUT2D eigenvalue weighted by molar-refractivity contribution is 6.09. The largest absolute Gasteiger partial charge is 0.466 e. The van der Waals surface area contributed by atoms with Crippen molar-refractivity contribution >= 4 is 17.8 Å². The number of aryl methyl sites for hydroxylation is 1. The molecule has 0 saturated heterocycles. The molecular formula is C27H32N2O4. The Morgan fingerprint density at radius 1 is 1.09 bits per heavy atom. The molecule has 1 heterocycles. The first-order valence-electron chi connectivity index (χ1n) is 11.9. The third-order valence-electron chi connectivity index (χ3n) is 6.69. The lowest BCUT2D eigenvalue weighted by Crippen LogP contribution is -2.37. The highest BCUT2D eigenvalue weighted by atomic mass is 16.5. The molecular weight excluding hydrogens is 416 g/mol. The first-order valence-corrected chi connectivity index (χ1v) is 11.9. The van der Waals surface area contributed by atoms with Crippen molar-refractivity contribution in [3.8, 4) is 0 Å². The van der Waals surface area contributed by atoms with Crippen LogP contribution in [0.25, 0.3) is 0 Å². The Balaban J connectivity index is 1.57. The maximum absolute atomic E-state index is 13.4. The summed E-state index contributed by atoms with van der Waals surface area (Å²) in [6.07, 6.45) is 5.58. The molecule has 2 aromatic rings. The SMILES string of the molecule is CCOC(=O)C[C@@H](NC(=O)c1cccc2c1C(=O)N(C1CCCCC1)C2)c1ccc(C)cc1. The first-order chi connectivity index (χ1) is 16.0. The molecule has 1 aliphatic heterocycles. The maximum atomic E-state index is 13.4. The van der Waals surface area contributed by atoms with Gasteiger partial charge >= 0.3 is 5.97 Å². The number of hydrogen-bond acceptors (Lipinski definition) is 4. The number of hydrogen-bond donors (Lipinski definition) is 1. The van der Waals surface area contributed by atoms with E-state index in [0.29, 0.717) is 17.7 Å². The molecule has 1 saturated carbocycles. The van der Waals surface area contributed by atoms with E-state index in [1.807, 2.05) is 48.2 Å². The molecule has 4 rings (SSSR count). The van der Waals surface area contributed by atoms with Gasteiger partial charge in [-0.3, -0.25) is 14.4 Å². The predicted molar refractivity (Wildman–Crippen MR) is 126 cm³/mol. The zero-order valence-corrected chi connectivity index (χ0v) is 19.4. The predicted octanol–water partition coefficient (Wildman–Crippen LogP) is 4.71. The number of carbonyl (C=O) groups is 3. The van der Waals surface area contributed by atoms with Gasteiger partial charge in [-0.2, -0.15) is 0 Å². The summed E-state index contributed by atoms with van der Waals surface area (Å²) in [4.78, 5) is 40.9.